The van der Waals surface area contributed by atoms with Crippen LogP contribution in [-0.2, 0) is 11.3 Å². The number of rotatable bonds is 4. The van der Waals surface area contributed by atoms with Gasteiger partial charge < -0.3 is 14.0 Å². The van der Waals surface area contributed by atoms with Crippen LogP contribution in [0.5, 0.6) is 0 Å². The van der Waals surface area contributed by atoms with Gasteiger partial charge in [0.2, 0.25) is 11.7 Å². The van der Waals surface area contributed by atoms with Crippen molar-refractivity contribution in [3.8, 4) is 23.0 Å². The number of likely N-dealkylation sites (tertiary alicyclic amines) is 1. The number of piperidine rings is 1. The smallest absolute Gasteiger partial charge is 0.274 e. The molecular formula is C19H18BrFN4O2. The molecule has 0 radical (unpaired) electrons. The first-order valence-corrected chi connectivity index (χ1v) is 9.63. The highest BCUT2D eigenvalue weighted by molar-refractivity contribution is 9.10. The molecule has 0 unspecified atom stereocenters. The third-order valence-electron chi connectivity index (χ3n) is 4.67. The Morgan fingerprint density at radius 2 is 2.04 bits per heavy atom. The molecule has 0 atom stereocenters. The van der Waals surface area contributed by atoms with E-state index in [-0.39, 0.29) is 18.3 Å². The zero-order valence-corrected chi connectivity index (χ0v) is 16.2. The molecule has 140 valence electrons. The maximum Gasteiger partial charge on any atom is 0.274 e. The fraction of sp³-hybridized carbons (Fsp3) is 0.316. The molecule has 0 N–H and O–H groups in total. The molecule has 1 amide bonds. The number of carbonyl (C=O) groups is 1. The van der Waals surface area contributed by atoms with E-state index in [1.807, 2.05) is 27.8 Å². The van der Waals surface area contributed by atoms with Gasteiger partial charge in [-0.1, -0.05) is 5.16 Å². The molecule has 2 aromatic heterocycles. The number of benzene rings is 1. The van der Waals surface area contributed by atoms with E-state index in [0.29, 0.717) is 27.4 Å². The SMILES string of the molecule is O=C(Cn1cccc1-c1nc(-c2ccc(F)c(Br)c2)no1)N1CCCCC1. The molecule has 3 aromatic rings. The Balaban J connectivity index is 1.55. The average Bonchev–Trinajstić information content (AvgIpc) is 3.34. The first kappa shape index (κ1) is 17.9. The van der Waals surface area contributed by atoms with Gasteiger partial charge in [-0.2, -0.15) is 4.98 Å². The average molecular weight is 433 g/mol. The van der Waals surface area contributed by atoms with Crippen LogP contribution in [0.1, 0.15) is 19.3 Å². The minimum atomic E-state index is -0.354. The number of hydrogen-bond donors (Lipinski definition) is 0. The minimum Gasteiger partial charge on any atom is -0.341 e. The maximum absolute atomic E-state index is 13.4. The Bertz CT molecular complexity index is 962. The van der Waals surface area contributed by atoms with E-state index in [0.717, 1.165) is 25.9 Å². The van der Waals surface area contributed by atoms with Crippen LogP contribution < -0.4 is 0 Å². The molecule has 27 heavy (non-hydrogen) atoms. The molecule has 1 aliphatic rings. The van der Waals surface area contributed by atoms with E-state index in [2.05, 4.69) is 26.1 Å². The Hall–Kier alpha value is -2.48. The molecule has 1 saturated heterocycles. The number of amides is 1. The number of aromatic nitrogens is 3. The summed E-state index contributed by atoms with van der Waals surface area (Å²) in [6, 6.07) is 8.21. The van der Waals surface area contributed by atoms with Gasteiger partial charge in [0.25, 0.3) is 5.89 Å². The minimum absolute atomic E-state index is 0.0920. The lowest BCUT2D eigenvalue weighted by Gasteiger charge is -2.27. The predicted molar refractivity (Wildman–Crippen MR) is 101 cm³/mol. The largest absolute Gasteiger partial charge is 0.341 e. The number of carbonyl (C=O) groups excluding carboxylic acids is 1. The normalized spacial score (nSPS) is 14.5. The molecule has 1 aliphatic heterocycles. The molecule has 4 rings (SSSR count). The van der Waals surface area contributed by atoms with Crippen molar-refractivity contribution in [2.45, 2.75) is 25.8 Å². The summed E-state index contributed by atoms with van der Waals surface area (Å²) < 4.78 is 21.0. The Labute approximate surface area is 164 Å². The highest BCUT2D eigenvalue weighted by atomic mass is 79.9. The van der Waals surface area contributed by atoms with E-state index in [1.54, 1.807) is 12.1 Å². The van der Waals surface area contributed by atoms with Crippen LogP contribution in [0.15, 0.2) is 45.5 Å². The topological polar surface area (TPSA) is 64.2 Å². The molecule has 1 aromatic carbocycles. The van der Waals surface area contributed by atoms with E-state index in [1.165, 1.54) is 12.5 Å². The fourth-order valence-electron chi connectivity index (χ4n) is 3.22. The van der Waals surface area contributed by atoms with Crippen molar-refractivity contribution in [1.82, 2.24) is 19.6 Å². The van der Waals surface area contributed by atoms with Crippen molar-refractivity contribution in [2.24, 2.45) is 0 Å². The quantitative estimate of drug-likeness (QED) is 0.621. The lowest BCUT2D eigenvalue weighted by atomic mass is 10.1. The summed E-state index contributed by atoms with van der Waals surface area (Å²) >= 11 is 3.16. The van der Waals surface area contributed by atoms with E-state index < -0.39 is 0 Å². The Morgan fingerprint density at radius 1 is 1.22 bits per heavy atom. The summed E-state index contributed by atoms with van der Waals surface area (Å²) in [6.07, 6.45) is 5.13. The first-order valence-electron chi connectivity index (χ1n) is 8.84. The Kier molecular flexibility index (Phi) is 5.07. The molecule has 1 fully saturated rings. The van der Waals surface area contributed by atoms with Crippen molar-refractivity contribution < 1.29 is 13.7 Å². The number of nitrogens with zero attached hydrogens (tertiary/aromatic N) is 4. The molecule has 0 bridgehead atoms. The lowest BCUT2D eigenvalue weighted by molar-refractivity contribution is -0.132. The van der Waals surface area contributed by atoms with Gasteiger partial charge in [0.05, 0.1) is 4.47 Å². The van der Waals surface area contributed by atoms with Crippen molar-refractivity contribution in [3.63, 3.8) is 0 Å². The van der Waals surface area contributed by atoms with Crippen LogP contribution in [0.4, 0.5) is 4.39 Å². The lowest BCUT2D eigenvalue weighted by Crippen LogP contribution is -2.37. The standard InChI is InChI=1S/C19H18BrFN4O2/c20-14-11-13(6-7-15(14)21)18-22-19(27-23-18)16-5-4-10-25(16)12-17(26)24-8-2-1-3-9-24/h4-7,10-11H,1-3,8-9,12H2. The van der Waals surface area contributed by atoms with Crippen LogP contribution >= 0.6 is 15.9 Å². The van der Waals surface area contributed by atoms with E-state index in [4.69, 9.17) is 4.52 Å². The second kappa shape index (κ2) is 7.64. The second-order valence-electron chi connectivity index (χ2n) is 6.51. The molecule has 0 spiro atoms. The summed E-state index contributed by atoms with van der Waals surface area (Å²) in [5.41, 5.74) is 1.32. The summed E-state index contributed by atoms with van der Waals surface area (Å²) in [6.45, 7) is 1.88. The van der Waals surface area contributed by atoms with Crippen molar-refractivity contribution in [1.29, 1.82) is 0 Å². The fourth-order valence-corrected chi connectivity index (χ4v) is 3.59. The van der Waals surface area contributed by atoms with Gasteiger partial charge in [-0.05, 0) is 65.5 Å². The maximum atomic E-state index is 13.4. The molecule has 6 nitrogen and oxygen atoms in total. The molecule has 8 heteroatoms. The summed E-state index contributed by atoms with van der Waals surface area (Å²) in [7, 11) is 0. The highest BCUT2D eigenvalue weighted by Gasteiger charge is 2.20. The summed E-state index contributed by atoms with van der Waals surface area (Å²) in [5.74, 6) is 0.421. The van der Waals surface area contributed by atoms with E-state index in [9.17, 15) is 9.18 Å². The van der Waals surface area contributed by atoms with Gasteiger partial charge >= 0.3 is 0 Å². The molecule has 0 aliphatic carbocycles. The van der Waals surface area contributed by atoms with E-state index >= 15 is 0 Å². The third-order valence-corrected chi connectivity index (χ3v) is 5.27. The van der Waals surface area contributed by atoms with Gasteiger partial charge in [-0.25, -0.2) is 4.39 Å². The van der Waals surface area contributed by atoms with Gasteiger partial charge in [0.1, 0.15) is 18.1 Å². The van der Waals surface area contributed by atoms with Crippen molar-refractivity contribution >= 4 is 21.8 Å². The van der Waals surface area contributed by atoms with Crippen LogP contribution in [0, 0.1) is 5.82 Å². The predicted octanol–water partition coefficient (Wildman–Crippen LogP) is 4.12. The summed E-state index contributed by atoms with van der Waals surface area (Å²) in [5, 5.41) is 3.99. The zero-order chi connectivity index (χ0) is 18.8. The van der Waals surface area contributed by atoms with Crippen molar-refractivity contribution in [3.05, 3.63) is 46.8 Å². The van der Waals surface area contributed by atoms with Gasteiger partial charge in [-0.3, -0.25) is 4.79 Å². The van der Waals surface area contributed by atoms with Crippen LogP contribution in [0.3, 0.4) is 0 Å². The van der Waals surface area contributed by atoms with Gasteiger partial charge in [0.15, 0.2) is 0 Å². The molecule has 0 saturated carbocycles. The van der Waals surface area contributed by atoms with Crippen LogP contribution in [0.25, 0.3) is 23.0 Å². The third kappa shape index (κ3) is 3.80. The molecule has 3 heterocycles. The first-order chi connectivity index (χ1) is 13.1. The summed E-state index contributed by atoms with van der Waals surface area (Å²) in [4.78, 5) is 18.9. The van der Waals surface area contributed by atoms with Gasteiger partial charge in [0, 0.05) is 24.8 Å². The second-order valence-corrected chi connectivity index (χ2v) is 7.37. The van der Waals surface area contributed by atoms with Crippen LogP contribution in [-0.4, -0.2) is 38.6 Å². The zero-order valence-electron chi connectivity index (χ0n) is 14.6. The number of hydrogen-bond acceptors (Lipinski definition) is 4. The molecular weight excluding hydrogens is 415 g/mol. The van der Waals surface area contributed by atoms with Gasteiger partial charge in [-0.15, -0.1) is 0 Å². The number of halogens is 2. The van der Waals surface area contributed by atoms with Crippen molar-refractivity contribution in [2.75, 3.05) is 13.1 Å². The Morgan fingerprint density at radius 3 is 2.81 bits per heavy atom. The monoisotopic (exact) mass is 432 g/mol. The van der Waals surface area contributed by atoms with Crippen LogP contribution in [0.2, 0.25) is 0 Å². The highest BCUT2D eigenvalue weighted by Crippen LogP contribution is 2.26.